The van der Waals surface area contributed by atoms with E-state index in [2.05, 4.69) is 15.9 Å². The predicted molar refractivity (Wildman–Crippen MR) is 83.2 cm³/mol. The zero-order valence-corrected chi connectivity index (χ0v) is 13.6. The Labute approximate surface area is 131 Å². The molecule has 110 valence electrons. The number of rotatable bonds is 4. The summed E-state index contributed by atoms with van der Waals surface area (Å²) >= 11 is 3.10. The molecule has 6 heteroatoms. The minimum absolute atomic E-state index is 0.00340. The molecule has 0 spiro atoms. The first kappa shape index (κ1) is 15.7. The number of halogens is 1. The summed E-state index contributed by atoms with van der Waals surface area (Å²) < 4.78 is 25.1. The summed E-state index contributed by atoms with van der Waals surface area (Å²) in [5, 5.41) is 9.05. The minimum Gasteiger partial charge on any atom is -0.478 e. The molecule has 2 aromatic carbocycles. The maximum absolute atomic E-state index is 12.4. The summed E-state index contributed by atoms with van der Waals surface area (Å²) in [6.45, 7) is 1.92. The highest BCUT2D eigenvalue weighted by molar-refractivity contribution is 9.10. The van der Waals surface area contributed by atoms with Gasteiger partial charge in [0.15, 0.2) is 9.84 Å². The summed E-state index contributed by atoms with van der Waals surface area (Å²) in [5.74, 6) is -1.33. The molecule has 0 bridgehead atoms. The number of hydrogen-bond donors (Lipinski definition) is 1. The van der Waals surface area contributed by atoms with Crippen LogP contribution in [0.25, 0.3) is 0 Å². The van der Waals surface area contributed by atoms with Gasteiger partial charge in [0.1, 0.15) is 0 Å². The first-order chi connectivity index (χ1) is 9.79. The highest BCUT2D eigenvalue weighted by Gasteiger charge is 2.19. The van der Waals surface area contributed by atoms with Crippen LogP contribution in [-0.2, 0) is 15.6 Å². The van der Waals surface area contributed by atoms with Crippen LogP contribution in [0.1, 0.15) is 21.5 Å². The molecule has 2 aromatic rings. The zero-order chi connectivity index (χ0) is 15.6. The van der Waals surface area contributed by atoms with Crippen LogP contribution in [0, 0.1) is 6.92 Å². The third kappa shape index (κ3) is 3.71. The number of benzene rings is 2. The lowest BCUT2D eigenvalue weighted by Crippen LogP contribution is -2.07. The number of carbonyl (C=O) groups is 1. The quantitative estimate of drug-likeness (QED) is 0.896. The van der Waals surface area contributed by atoms with Crippen molar-refractivity contribution in [1.82, 2.24) is 0 Å². The lowest BCUT2D eigenvalue weighted by molar-refractivity contribution is 0.0695. The molecule has 0 radical (unpaired) electrons. The Morgan fingerprint density at radius 3 is 2.33 bits per heavy atom. The summed E-state index contributed by atoms with van der Waals surface area (Å²) in [6, 6.07) is 11.2. The van der Waals surface area contributed by atoms with Crippen LogP contribution >= 0.6 is 15.9 Å². The number of aryl methyl sites for hydroxylation is 1. The number of sulfone groups is 1. The summed E-state index contributed by atoms with van der Waals surface area (Å²) in [7, 11) is -3.58. The van der Waals surface area contributed by atoms with E-state index >= 15 is 0 Å². The lowest BCUT2D eigenvalue weighted by atomic mass is 10.2. The van der Waals surface area contributed by atoms with Crippen LogP contribution in [0.15, 0.2) is 51.8 Å². The predicted octanol–water partition coefficient (Wildman–Crippen LogP) is 3.43. The van der Waals surface area contributed by atoms with Crippen molar-refractivity contribution >= 4 is 31.7 Å². The van der Waals surface area contributed by atoms with E-state index in [1.807, 2.05) is 19.1 Å². The molecule has 0 unspecified atom stereocenters. The lowest BCUT2D eigenvalue weighted by Gasteiger charge is -2.07. The molecule has 4 nitrogen and oxygen atoms in total. The molecule has 21 heavy (non-hydrogen) atoms. The second kappa shape index (κ2) is 5.99. The van der Waals surface area contributed by atoms with E-state index in [0.717, 1.165) is 5.56 Å². The number of hydrogen-bond acceptors (Lipinski definition) is 3. The van der Waals surface area contributed by atoms with Gasteiger partial charge in [0.05, 0.1) is 16.2 Å². The summed E-state index contributed by atoms with van der Waals surface area (Å²) in [5.41, 5.74) is 1.65. The van der Waals surface area contributed by atoms with Crippen LogP contribution < -0.4 is 0 Å². The SMILES string of the molecule is Cc1ccc(CS(=O)(=O)c2ccc(Br)c(C(=O)O)c2)cc1. The minimum atomic E-state index is -3.58. The number of carboxylic acids is 1. The highest BCUT2D eigenvalue weighted by Crippen LogP contribution is 2.23. The molecule has 0 aliphatic carbocycles. The van der Waals surface area contributed by atoms with Crippen molar-refractivity contribution in [3.8, 4) is 0 Å². The Morgan fingerprint density at radius 2 is 1.76 bits per heavy atom. The van der Waals surface area contributed by atoms with Gasteiger partial charge < -0.3 is 5.11 Å². The van der Waals surface area contributed by atoms with Crippen molar-refractivity contribution in [1.29, 1.82) is 0 Å². The Kier molecular flexibility index (Phi) is 4.49. The number of aromatic carboxylic acids is 1. The fourth-order valence-electron chi connectivity index (χ4n) is 1.85. The molecule has 0 heterocycles. The van der Waals surface area contributed by atoms with E-state index < -0.39 is 15.8 Å². The molecule has 0 aliphatic heterocycles. The molecule has 2 rings (SSSR count). The Morgan fingerprint density at radius 1 is 1.14 bits per heavy atom. The van der Waals surface area contributed by atoms with Gasteiger partial charge in [-0.15, -0.1) is 0 Å². The Hall–Kier alpha value is -1.66. The third-order valence-electron chi connectivity index (χ3n) is 3.00. The maximum atomic E-state index is 12.4. The van der Waals surface area contributed by atoms with Crippen LogP contribution in [0.5, 0.6) is 0 Å². The van der Waals surface area contributed by atoms with E-state index in [0.29, 0.717) is 10.0 Å². The molecule has 0 aromatic heterocycles. The molecule has 0 aliphatic rings. The van der Waals surface area contributed by atoms with Gasteiger partial charge in [-0.05, 0) is 46.6 Å². The number of carboxylic acid groups (broad SMARTS) is 1. The van der Waals surface area contributed by atoms with E-state index in [4.69, 9.17) is 5.11 Å². The van der Waals surface area contributed by atoms with Gasteiger partial charge in [0, 0.05) is 4.47 Å². The van der Waals surface area contributed by atoms with Gasteiger partial charge in [-0.2, -0.15) is 0 Å². The molecule has 0 saturated carbocycles. The normalized spacial score (nSPS) is 11.3. The molecule has 0 atom stereocenters. The maximum Gasteiger partial charge on any atom is 0.336 e. The van der Waals surface area contributed by atoms with E-state index in [9.17, 15) is 13.2 Å². The molecular formula is C15H13BrO4S. The molecular weight excluding hydrogens is 356 g/mol. The van der Waals surface area contributed by atoms with Crippen LogP contribution in [0.2, 0.25) is 0 Å². The van der Waals surface area contributed by atoms with Crippen molar-refractivity contribution in [2.45, 2.75) is 17.6 Å². The van der Waals surface area contributed by atoms with Crippen molar-refractivity contribution < 1.29 is 18.3 Å². The topological polar surface area (TPSA) is 71.4 Å². The average Bonchev–Trinajstić information content (AvgIpc) is 2.41. The smallest absolute Gasteiger partial charge is 0.336 e. The second-order valence-corrected chi connectivity index (χ2v) is 7.54. The molecule has 1 N–H and O–H groups in total. The molecule has 0 saturated heterocycles. The highest BCUT2D eigenvalue weighted by atomic mass is 79.9. The molecule has 0 fully saturated rings. The average molecular weight is 369 g/mol. The van der Waals surface area contributed by atoms with E-state index in [1.54, 1.807) is 12.1 Å². The third-order valence-corrected chi connectivity index (χ3v) is 5.38. The van der Waals surface area contributed by atoms with Gasteiger partial charge in [-0.3, -0.25) is 0 Å². The largest absolute Gasteiger partial charge is 0.478 e. The van der Waals surface area contributed by atoms with E-state index in [1.165, 1.54) is 18.2 Å². The first-order valence-corrected chi connectivity index (χ1v) is 8.55. The van der Waals surface area contributed by atoms with Crippen molar-refractivity contribution in [3.05, 3.63) is 63.6 Å². The van der Waals surface area contributed by atoms with Gasteiger partial charge >= 0.3 is 5.97 Å². The summed E-state index contributed by atoms with van der Waals surface area (Å²) in [4.78, 5) is 11.1. The van der Waals surface area contributed by atoms with Crippen LogP contribution in [0.4, 0.5) is 0 Å². The summed E-state index contributed by atoms with van der Waals surface area (Å²) in [6.07, 6.45) is 0. The Balaban J connectivity index is 2.38. The van der Waals surface area contributed by atoms with Gasteiger partial charge in [0.2, 0.25) is 0 Å². The zero-order valence-electron chi connectivity index (χ0n) is 11.2. The van der Waals surface area contributed by atoms with Crippen LogP contribution in [0.3, 0.4) is 0 Å². The monoisotopic (exact) mass is 368 g/mol. The Bertz CT molecular complexity index is 780. The van der Waals surface area contributed by atoms with Gasteiger partial charge in [-0.25, -0.2) is 13.2 Å². The van der Waals surface area contributed by atoms with Crippen LogP contribution in [-0.4, -0.2) is 19.5 Å². The molecule has 0 amide bonds. The van der Waals surface area contributed by atoms with Crippen molar-refractivity contribution in [2.24, 2.45) is 0 Å². The standard InChI is InChI=1S/C15H13BrO4S/c1-10-2-4-11(5-3-10)9-21(19,20)12-6-7-14(16)13(8-12)15(17)18/h2-8H,9H2,1H3,(H,17,18). The second-order valence-electron chi connectivity index (χ2n) is 4.69. The van der Waals surface area contributed by atoms with E-state index in [-0.39, 0.29) is 16.2 Å². The van der Waals surface area contributed by atoms with Gasteiger partial charge in [0.25, 0.3) is 0 Å². The fourth-order valence-corrected chi connectivity index (χ4v) is 3.64. The van der Waals surface area contributed by atoms with Gasteiger partial charge in [-0.1, -0.05) is 29.8 Å². The van der Waals surface area contributed by atoms with Crippen molar-refractivity contribution in [3.63, 3.8) is 0 Å². The fraction of sp³-hybridized carbons (Fsp3) is 0.133. The van der Waals surface area contributed by atoms with Crippen molar-refractivity contribution in [2.75, 3.05) is 0 Å². The first-order valence-electron chi connectivity index (χ1n) is 6.11.